The lowest BCUT2D eigenvalue weighted by atomic mass is 10.2. The van der Waals surface area contributed by atoms with Crippen molar-refractivity contribution in [3.63, 3.8) is 0 Å². The van der Waals surface area contributed by atoms with Crippen LogP contribution in [0.15, 0.2) is 52.0 Å². The molecule has 1 aliphatic heterocycles. The Morgan fingerprint density at radius 1 is 1.22 bits per heavy atom. The fourth-order valence-electron chi connectivity index (χ4n) is 3.10. The lowest BCUT2D eigenvalue weighted by Gasteiger charge is -2.20. The van der Waals surface area contributed by atoms with Crippen molar-refractivity contribution < 1.29 is 22.5 Å². The highest BCUT2D eigenvalue weighted by atomic mass is 32.2. The SMILES string of the molecule is C[C@@H](C(=O)Nc1ccc(S(=O)(=O)N2CCCC2)cc1)[NH+](C)Cc1ccco1. The third-order valence-corrected chi connectivity index (χ3v) is 6.90. The van der Waals surface area contributed by atoms with Crippen molar-refractivity contribution in [1.82, 2.24) is 4.31 Å². The summed E-state index contributed by atoms with van der Waals surface area (Å²) >= 11 is 0. The Balaban J connectivity index is 1.61. The van der Waals surface area contributed by atoms with Gasteiger partial charge in [0.25, 0.3) is 5.91 Å². The molecule has 7 nitrogen and oxygen atoms in total. The largest absolute Gasteiger partial charge is 0.463 e. The number of anilines is 1. The third-order valence-electron chi connectivity index (χ3n) is 4.99. The van der Waals surface area contributed by atoms with Crippen molar-refractivity contribution in [2.45, 2.75) is 37.2 Å². The van der Waals surface area contributed by atoms with Gasteiger partial charge in [-0.3, -0.25) is 4.79 Å². The van der Waals surface area contributed by atoms with Gasteiger partial charge in [-0.15, -0.1) is 0 Å². The number of nitrogens with zero attached hydrogens (tertiary/aromatic N) is 1. The topological polar surface area (TPSA) is 84.1 Å². The van der Waals surface area contributed by atoms with Crippen LogP contribution in [0.25, 0.3) is 0 Å². The van der Waals surface area contributed by atoms with E-state index in [9.17, 15) is 13.2 Å². The van der Waals surface area contributed by atoms with E-state index in [-0.39, 0.29) is 16.8 Å². The molecule has 1 fully saturated rings. The lowest BCUT2D eigenvalue weighted by molar-refractivity contribution is -0.908. The van der Waals surface area contributed by atoms with E-state index in [1.54, 1.807) is 30.5 Å². The standard InChI is InChI=1S/C19H25N3O4S/c1-15(21(2)14-17-6-5-13-26-17)19(23)20-16-7-9-18(10-8-16)27(24,25)22-11-3-4-12-22/h5-10,13,15H,3-4,11-12,14H2,1-2H3,(H,20,23)/p+1/t15-/m0/s1. The summed E-state index contributed by atoms with van der Waals surface area (Å²) in [6, 6.07) is 9.78. The fourth-order valence-corrected chi connectivity index (χ4v) is 4.62. The molecule has 0 bridgehead atoms. The Kier molecular flexibility index (Phi) is 5.98. The first kappa shape index (κ1) is 19.6. The van der Waals surface area contributed by atoms with Crippen LogP contribution in [0.3, 0.4) is 0 Å². The molecule has 0 spiro atoms. The molecule has 2 aromatic rings. The maximum atomic E-state index is 12.5. The average Bonchev–Trinajstić information content (AvgIpc) is 3.35. The van der Waals surface area contributed by atoms with E-state index in [0.717, 1.165) is 23.5 Å². The Morgan fingerprint density at radius 3 is 2.48 bits per heavy atom. The monoisotopic (exact) mass is 392 g/mol. The van der Waals surface area contributed by atoms with Crippen LogP contribution in [0.5, 0.6) is 0 Å². The molecule has 3 rings (SSSR count). The third kappa shape index (κ3) is 4.58. The quantitative estimate of drug-likeness (QED) is 0.739. The van der Waals surface area contributed by atoms with E-state index in [2.05, 4.69) is 5.32 Å². The zero-order valence-electron chi connectivity index (χ0n) is 15.6. The predicted molar refractivity (Wildman–Crippen MR) is 102 cm³/mol. The van der Waals surface area contributed by atoms with E-state index in [0.29, 0.717) is 25.3 Å². The van der Waals surface area contributed by atoms with Gasteiger partial charge in [0.1, 0.15) is 6.54 Å². The number of quaternary nitrogens is 1. The van der Waals surface area contributed by atoms with Crippen LogP contribution in [-0.4, -0.2) is 44.8 Å². The highest BCUT2D eigenvalue weighted by molar-refractivity contribution is 7.89. The number of sulfonamides is 1. The number of likely N-dealkylation sites (N-methyl/N-ethyl adjacent to an activating group) is 1. The number of nitrogens with one attached hydrogen (secondary N) is 2. The second-order valence-electron chi connectivity index (χ2n) is 6.95. The van der Waals surface area contributed by atoms with Crippen molar-refractivity contribution in [2.75, 3.05) is 25.5 Å². The molecule has 2 N–H and O–H groups in total. The minimum atomic E-state index is -3.44. The van der Waals surface area contributed by atoms with Gasteiger partial charge >= 0.3 is 0 Å². The van der Waals surface area contributed by atoms with Crippen LogP contribution in [0.2, 0.25) is 0 Å². The summed E-state index contributed by atoms with van der Waals surface area (Å²) < 4.78 is 31.9. The average molecular weight is 393 g/mol. The van der Waals surface area contributed by atoms with Crippen molar-refractivity contribution >= 4 is 21.6 Å². The summed E-state index contributed by atoms with van der Waals surface area (Å²) in [5, 5.41) is 2.85. The van der Waals surface area contributed by atoms with Crippen molar-refractivity contribution in [1.29, 1.82) is 0 Å². The van der Waals surface area contributed by atoms with E-state index >= 15 is 0 Å². The van der Waals surface area contributed by atoms with Crippen LogP contribution in [0.1, 0.15) is 25.5 Å². The van der Waals surface area contributed by atoms with Crippen LogP contribution >= 0.6 is 0 Å². The number of hydrogen-bond donors (Lipinski definition) is 2. The van der Waals surface area contributed by atoms with Crippen molar-refractivity contribution in [3.05, 3.63) is 48.4 Å². The first-order valence-electron chi connectivity index (χ1n) is 9.13. The van der Waals surface area contributed by atoms with Gasteiger partial charge in [-0.05, 0) is 56.2 Å². The van der Waals surface area contributed by atoms with E-state index < -0.39 is 10.0 Å². The molecule has 27 heavy (non-hydrogen) atoms. The molecule has 0 saturated carbocycles. The number of rotatable bonds is 7. The molecule has 1 unspecified atom stereocenters. The summed E-state index contributed by atoms with van der Waals surface area (Å²) in [6.07, 6.45) is 3.42. The molecule has 146 valence electrons. The maximum absolute atomic E-state index is 12.5. The normalized spacial score (nSPS) is 17.6. The van der Waals surface area contributed by atoms with Gasteiger partial charge in [0.15, 0.2) is 11.8 Å². The van der Waals surface area contributed by atoms with Crippen LogP contribution in [0, 0.1) is 0 Å². The number of hydrogen-bond acceptors (Lipinski definition) is 4. The predicted octanol–water partition coefficient (Wildman–Crippen LogP) is 1.11. The van der Waals surface area contributed by atoms with Crippen LogP contribution in [-0.2, 0) is 21.4 Å². The molecule has 2 atom stereocenters. The second-order valence-corrected chi connectivity index (χ2v) is 8.89. The maximum Gasteiger partial charge on any atom is 0.282 e. The first-order valence-corrected chi connectivity index (χ1v) is 10.6. The smallest absolute Gasteiger partial charge is 0.282 e. The fraction of sp³-hybridized carbons (Fsp3) is 0.421. The van der Waals surface area contributed by atoms with Gasteiger partial charge in [0, 0.05) is 18.8 Å². The van der Waals surface area contributed by atoms with Gasteiger partial charge in [-0.1, -0.05) is 0 Å². The summed E-state index contributed by atoms with van der Waals surface area (Å²) in [5.74, 6) is 0.692. The number of furan rings is 1. The van der Waals surface area contributed by atoms with Gasteiger partial charge in [-0.2, -0.15) is 4.31 Å². The van der Waals surface area contributed by atoms with Crippen LogP contribution < -0.4 is 10.2 Å². The minimum absolute atomic E-state index is 0.130. The number of carbonyl (C=O) groups is 1. The Labute approximate surface area is 160 Å². The first-order chi connectivity index (χ1) is 12.9. The number of amides is 1. The highest BCUT2D eigenvalue weighted by Gasteiger charge is 2.27. The van der Waals surface area contributed by atoms with Gasteiger partial charge in [-0.25, -0.2) is 8.42 Å². The lowest BCUT2D eigenvalue weighted by Crippen LogP contribution is -3.12. The molecule has 1 aromatic heterocycles. The number of carbonyl (C=O) groups excluding carboxylic acids is 1. The molecule has 0 radical (unpaired) electrons. The Bertz CT molecular complexity index is 857. The molecular formula is C19H26N3O4S+. The zero-order chi connectivity index (χ0) is 19.4. The highest BCUT2D eigenvalue weighted by Crippen LogP contribution is 2.22. The summed E-state index contributed by atoms with van der Waals surface area (Å²) in [7, 11) is -1.51. The summed E-state index contributed by atoms with van der Waals surface area (Å²) in [5.41, 5.74) is 0.582. The minimum Gasteiger partial charge on any atom is -0.463 e. The Morgan fingerprint density at radius 2 is 1.89 bits per heavy atom. The van der Waals surface area contributed by atoms with E-state index in [1.165, 1.54) is 4.31 Å². The molecule has 1 aromatic carbocycles. The van der Waals surface area contributed by atoms with E-state index in [1.807, 2.05) is 26.1 Å². The molecule has 8 heteroatoms. The molecular weight excluding hydrogens is 366 g/mol. The van der Waals surface area contributed by atoms with E-state index in [4.69, 9.17) is 4.42 Å². The summed E-state index contributed by atoms with van der Waals surface area (Å²) in [6.45, 7) is 3.60. The zero-order valence-corrected chi connectivity index (χ0v) is 16.5. The molecule has 1 saturated heterocycles. The van der Waals surface area contributed by atoms with Crippen molar-refractivity contribution in [3.8, 4) is 0 Å². The number of benzene rings is 1. The molecule has 0 aliphatic carbocycles. The van der Waals surface area contributed by atoms with Crippen molar-refractivity contribution in [2.24, 2.45) is 0 Å². The van der Waals surface area contributed by atoms with Gasteiger partial charge in [0.05, 0.1) is 18.2 Å². The molecule has 2 heterocycles. The molecule has 1 amide bonds. The van der Waals surface area contributed by atoms with Crippen LogP contribution in [0.4, 0.5) is 5.69 Å². The summed E-state index contributed by atoms with van der Waals surface area (Å²) in [4.78, 5) is 13.7. The van der Waals surface area contributed by atoms with Gasteiger partial charge in [0.2, 0.25) is 10.0 Å². The Hall–Kier alpha value is -2.16. The second kappa shape index (κ2) is 8.24. The van der Waals surface area contributed by atoms with Gasteiger partial charge < -0.3 is 14.6 Å². The molecule has 1 aliphatic rings.